The van der Waals surface area contributed by atoms with Crippen LogP contribution in [0.4, 0.5) is 13.2 Å². The first kappa shape index (κ1) is 11.2. The van der Waals surface area contributed by atoms with Crippen LogP contribution in [0.2, 0.25) is 0 Å². The Balaban J connectivity index is 0. The standard InChI is InChI=1S/C7H6F3N.ClH/c1-5-4-6(2-3-11-5)7(8,9)10;/h2-4H,1H3;1H. The summed E-state index contributed by atoms with van der Waals surface area (Å²) in [4.78, 5) is 3.65. The van der Waals surface area contributed by atoms with Gasteiger partial charge in [0.25, 0.3) is 0 Å². The molecule has 1 aromatic heterocycles. The number of rotatable bonds is 0. The van der Waals surface area contributed by atoms with Crippen molar-refractivity contribution >= 4 is 0 Å². The maximum absolute atomic E-state index is 11.9. The first-order valence-corrected chi connectivity index (χ1v) is 3.00. The van der Waals surface area contributed by atoms with Crippen LogP contribution in [0.25, 0.3) is 0 Å². The quantitative estimate of drug-likeness (QED) is 0.548. The molecule has 0 radical (unpaired) electrons. The monoisotopic (exact) mass is 197 g/mol. The zero-order valence-corrected chi connectivity index (χ0v) is 6.95. The molecule has 0 spiro atoms. The van der Waals surface area contributed by atoms with Gasteiger partial charge in [0.05, 0.1) is 5.56 Å². The molecule has 0 amide bonds. The van der Waals surface area contributed by atoms with E-state index in [1.54, 1.807) is 0 Å². The summed E-state index contributed by atoms with van der Waals surface area (Å²) in [6.45, 7) is 1.52. The van der Waals surface area contributed by atoms with Gasteiger partial charge in [0, 0.05) is 11.9 Å². The third-order valence-corrected chi connectivity index (χ3v) is 1.22. The molecule has 0 atom stereocenters. The Hall–Kier alpha value is -0.770. The van der Waals surface area contributed by atoms with E-state index in [1.165, 1.54) is 6.92 Å². The molecule has 5 heteroatoms. The summed E-state index contributed by atoms with van der Waals surface area (Å²) in [6.07, 6.45) is -3.11. The molecule has 0 unspecified atom stereocenters. The number of alkyl halides is 3. The number of hydrogen-bond acceptors (Lipinski definition) is 1. The summed E-state index contributed by atoms with van der Waals surface area (Å²) in [5.74, 6) is 0. The molecule has 0 aliphatic heterocycles. The van der Waals surface area contributed by atoms with Crippen molar-refractivity contribution in [2.24, 2.45) is 0 Å². The zero-order valence-electron chi connectivity index (χ0n) is 7.19. The summed E-state index contributed by atoms with van der Waals surface area (Å²) < 4.78 is 35.8. The molecule has 1 nitrogen and oxygen atoms in total. The third kappa shape index (κ3) is 2.70. The second-order valence-corrected chi connectivity index (χ2v) is 2.18. The van der Waals surface area contributed by atoms with E-state index in [9.17, 15) is 13.2 Å². The second kappa shape index (κ2) is 3.76. The van der Waals surface area contributed by atoms with Gasteiger partial charge in [-0.15, -0.1) is 0 Å². The molecule has 0 N–H and O–H groups in total. The fourth-order valence-electron chi connectivity index (χ4n) is 0.722. The molecular formula is C7H7ClF3N. The second-order valence-electron chi connectivity index (χ2n) is 2.18. The van der Waals surface area contributed by atoms with Crippen molar-refractivity contribution < 1.29 is 27.0 Å². The van der Waals surface area contributed by atoms with Crippen LogP contribution in [0.15, 0.2) is 18.3 Å². The molecule has 68 valence electrons. The Morgan fingerprint density at radius 1 is 1.42 bits per heavy atom. The van der Waals surface area contributed by atoms with Gasteiger partial charge in [-0.1, -0.05) is 0 Å². The van der Waals surface area contributed by atoms with E-state index in [1.807, 2.05) is 0 Å². The highest BCUT2D eigenvalue weighted by Crippen LogP contribution is 2.28. The van der Waals surface area contributed by atoms with E-state index in [0.29, 0.717) is 5.69 Å². The molecule has 0 saturated carbocycles. The summed E-state index contributed by atoms with van der Waals surface area (Å²) in [5, 5.41) is 0. The Morgan fingerprint density at radius 2 is 2.00 bits per heavy atom. The highest BCUT2D eigenvalue weighted by atomic mass is 35.5. The molecule has 1 rings (SSSR count). The van der Waals surface area contributed by atoms with E-state index in [4.69, 9.17) is 0 Å². The van der Waals surface area contributed by atoms with Crippen LogP contribution in [0, 0.1) is 6.92 Å². The lowest BCUT2D eigenvalue weighted by Gasteiger charge is -2.05. The predicted octanol–water partition coefficient (Wildman–Crippen LogP) is -0.475. The smallest absolute Gasteiger partial charge is 1.00 e. The number of halogens is 4. The molecule has 1 aromatic rings. The van der Waals surface area contributed by atoms with Crippen LogP contribution < -0.4 is 12.4 Å². The maximum Gasteiger partial charge on any atom is 1.00 e. The number of nitrogens with zero attached hydrogens (tertiary/aromatic N) is 1. The van der Waals surface area contributed by atoms with E-state index >= 15 is 0 Å². The first-order chi connectivity index (χ1) is 5.00. The lowest BCUT2D eigenvalue weighted by Crippen LogP contribution is -3.00. The van der Waals surface area contributed by atoms with Crippen molar-refractivity contribution in [2.75, 3.05) is 0 Å². The molecular weight excluding hydrogens is 191 g/mol. The fraction of sp³-hybridized carbons (Fsp3) is 0.286. The van der Waals surface area contributed by atoms with Gasteiger partial charge in [-0.25, -0.2) is 0 Å². The van der Waals surface area contributed by atoms with Gasteiger partial charge in [-0.05, 0) is 19.1 Å². The topological polar surface area (TPSA) is 12.9 Å². The molecule has 1 heterocycles. The number of pyridine rings is 1. The molecule has 0 fully saturated rings. The number of hydrogen-bond donors (Lipinski definition) is 0. The van der Waals surface area contributed by atoms with Crippen molar-refractivity contribution in [3.8, 4) is 0 Å². The van der Waals surface area contributed by atoms with Crippen LogP contribution in [0.1, 0.15) is 12.7 Å². The molecule has 0 aromatic carbocycles. The van der Waals surface area contributed by atoms with Gasteiger partial charge in [-0.3, -0.25) is 4.98 Å². The van der Waals surface area contributed by atoms with E-state index < -0.39 is 11.7 Å². The highest BCUT2D eigenvalue weighted by molar-refractivity contribution is 5.18. The van der Waals surface area contributed by atoms with Crippen LogP contribution in [-0.2, 0) is 6.18 Å². The van der Waals surface area contributed by atoms with Gasteiger partial charge < -0.3 is 12.4 Å². The van der Waals surface area contributed by atoms with Gasteiger partial charge in [0.1, 0.15) is 0 Å². The summed E-state index contributed by atoms with van der Waals surface area (Å²) in [5.41, 5.74) is -0.273. The number of aromatic nitrogens is 1. The molecule has 0 saturated heterocycles. The van der Waals surface area contributed by atoms with Crippen molar-refractivity contribution in [2.45, 2.75) is 13.1 Å². The minimum Gasteiger partial charge on any atom is -1.00 e. The average molecular weight is 198 g/mol. The van der Waals surface area contributed by atoms with Crippen molar-refractivity contribution in [1.82, 2.24) is 4.98 Å². The van der Waals surface area contributed by atoms with Gasteiger partial charge in [0.15, 0.2) is 0 Å². The van der Waals surface area contributed by atoms with Crippen molar-refractivity contribution in [3.05, 3.63) is 29.6 Å². The zero-order chi connectivity index (χ0) is 8.48. The molecule has 0 aliphatic carbocycles. The minimum atomic E-state index is -4.26. The Labute approximate surface area is 75.5 Å². The van der Waals surface area contributed by atoms with Crippen LogP contribution >= 0.6 is 0 Å². The normalized spacial score (nSPS) is 10.7. The molecule has 12 heavy (non-hydrogen) atoms. The first-order valence-electron chi connectivity index (χ1n) is 3.00. The summed E-state index contributed by atoms with van der Waals surface area (Å²) >= 11 is 0. The van der Waals surface area contributed by atoms with Gasteiger partial charge in [0.2, 0.25) is 0 Å². The lowest BCUT2D eigenvalue weighted by molar-refractivity contribution is -0.137. The highest BCUT2D eigenvalue weighted by Gasteiger charge is 2.30. The van der Waals surface area contributed by atoms with Gasteiger partial charge >= 0.3 is 7.60 Å². The summed E-state index contributed by atoms with van der Waals surface area (Å²) in [7, 11) is 0. The van der Waals surface area contributed by atoms with E-state index in [0.717, 1.165) is 18.3 Å². The fourth-order valence-corrected chi connectivity index (χ4v) is 0.722. The minimum absolute atomic E-state index is 0. The molecule has 0 bridgehead atoms. The van der Waals surface area contributed by atoms with Crippen LogP contribution in [-0.4, -0.2) is 4.98 Å². The Bertz CT molecular complexity index is 264. The van der Waals surface area contributed by atoms with Crippen molar-refractivity contribution in [1.29, 1.82) is 0 Å². The van der Waals surface area contributed by atoms with Crippen molar-refractivity contribution in [3.63, 3.8) is 0 Å². The van der Waals surface area contributed by atoms with Crippen LogP contribution in [0.5, 0.6) is 0 Å². The summed E-state index contributed by atoms with van der Waals surface area (Å²) in [6, 6.07) is 1.97. The van der Waals surface area contributed by atoms with E-state index in [-0.39, 0.29) is 13.8 Å². The van der Waals surface area contributed by atoms with Gasteiger partial charge in [-0.2, -0.15) is 13.2 Å². The largest absolute Gasteiger partial charge is 1.00 e. The number of aryl methyl sites for hydroxylation is 1. The Kier molecular flexibility index (Phi) is 3.52. The SMILES string of the molecule is Cc1cc(C(F)(F)F)ccn1.[Cl-].[H+]. The predicted molar refractivity (Wildman–Crippen MR) is 35.1 cm³/mol. The maximum atomic E-state index is 11.9. The average Bonchev–Trinajstić information content (AvgIpc) is 1.86. The van der Waals surface area contributed by atoms with Crippen LogP contribution in [0.3, 0.4) is 0 Å². The van der Waals surface area contributed by atoms with E-state index in [2.05, 4.69) is 4.98 Å². The third-order valence-electron chi connectivity index (χ3n) is 1.22. The lowest BCUT2D eigenvalue weighted by atomic mass is 10.2. The Morgan fingerprint density at radius 3 is 2.33 bits per heavy atom. The molecule has 0 aliphatic rings.